The van der Waals surface area contributed by atoms with Crippen LogP contribution in [-0.2, 0) is 6.42 Å². The highest BCUT2D eigenvalue weighted by Gasteiger charge is 2.27. The van der Waals surface area contributed by atoms with Gasteiger partial charge in [0.25, 0.3) is 0 Å². The van der Waals surface area contributed by atoms with E-state index in [9.17, 15) is 4.39 Å². The largest absolute Gasteiger partial charge is 0.327 e. The molecule has 0 radical (unpaired) electrons. The quantitative estimate of drug-likeness (QED) is 0.885. The summed E-state index contributed by atoms with van der Waals surface area (Å²) in [5.74, 6) is 1.12. The molecule has 0 bridgehead atoms. The van der Waals surface area contributed by atoms with E-state index in [0.717, 1.165) is 28.8 Å². The number of hydrogen-bond acceptors (Lipinski definition) is 1. The van der Waals surface area contributed by atoms with Crippen molar-refractivity contribution >= 4 is 15.9 Å². The van der Waals surface area contributed by atoms with Gasteiger partial charge >= 0.3 is 0 Å². The molecule has 1 saturated carbocycles. The van der Waals surface area contributed by atoms with Crippen molar-refractivity contribution in [1.29, 1.82) is 0 Å². The molecular weight excluding hydrogens is 293 g/mol. The number of nitrogens with two attached hydrogens (primary N) is 1. The molecule has 1 aliphatic carbocycles. The van der Waals surface area contributed by atoms with Crippen LogP contribution in [0.2, 0.25) is 0 Å². The van der Waals surface area contributed by atoms with Gasteiger partial charge in [0.05, 0.1) is 0 Å². The van der Waals surface area contributed by atoms with Crippen LogP contribution in [0.1, 0.15) is 38.2 Å². The summed E-state index contributed by atoms with van der Waals surface area (Å²) in [5, 5.41) is 0. The molecule has 0 spiro atoms. The van der Waals surface area contributed by atoms with E-state index >= 15 is 0 Å². The average Bonchev–Trinajstić information content (AvgIpc) is 2.30. The molecule has 100 valence electrons. The molecule has 1 nitrogen and oxygen atoms in total. The van der Waals surface area contributed by atoms with Crippen LogP contribution in [0.4, 0.5) is 4.39 Å². The SMILES string of the molecule is CCC1CCC(N)C(Cc2cc(F)cc(Br)c2)C1. The molecule has 2 rings (SSSR count). The Balaban J connectivity index is 2.06. The van der Waals surface area contributed by atoms with E-state index in [4.69, 9.17) is 5.73 Å². The predicted molar refractivity (Wildman–Crippen MR) is 76.9 cm³/mol. The number of halogens is 2. The van der Waals surface area contributed by atoms with E-state index < -0.39 is 0 Å². The molecule has 3 atom stereocenters. The second-order valence-corrected chi connectivity index (χ2v) is 6.41. The van der Waals surface area contributed by atoms with Crippen molar-refractivity contribution in [3.05, 3.63) is 34.1 Å². The minimum absolute atomic E-state index is 0.171. The second-order valence-electron chi connectivity index (χ2n) is 5.49. The molecular formula is C15H21BrFN. The molecule has 1 fully saturated rings. The van der Waals surface area contributed by atoms with Crippen LogP contribution in [0.15, 0.2) is 22.7 Å². The lowest BCUT2D eigenvalue weighted by Crippen LogP contribution is -2.37. The number of rotatable bonds is 3. The lowest BCUT2D eigenvalue weighted by atomic mass is 9.75. The molecule has 3 heteroatoms. The van der Waals surface area contributed by atoms with Crippen molar-refractivity contribution < 1.29 is 4.39 Å². The predicted octanol–water partition coefficient (Wildman–Crippen LogP) is 4.28. The van der Waals surface area contributed by atoms with E-state index in [0.29, 0.717) is 5.92 Å². The third-order valence-electron chi connectivity index (χ3n) is 4.15. The summed E-state index contributed by atoms with van der Waals surface area (Å²) >= 11 is 3.35. The molecule has 1 aromatic rings. The Morgan fingerprint density at radius 3 is 2.78 bits per heavy atom. The molecule has 0 aliphatic heterocycles. The number of hydrogen-bond donors (Lipinski definition) is 1. The van der Waals surface area contributed by atoms with E-state index in [1.807, 2.05) is 6.07 Å². The van der Waals surface area contributed by atoms with E-state index in [-0.39, 0.29) is 11.9 Å². The number of benzene rings is 1. The first-order valence-electron chi connectivity index (χ1n) is 6.79. The summed E-state index contributed by atoms with van der Waals surface area (Å²) in [6, 6.07) is 5.41. The summed E-state index contributed by atoms with van der Waals surface area (Å²) < 4.78 is 14.2. The third kappa shape index (κ3) is 3.55. The lowest BCUT2D eigenvalue weighted by Gasteiger charge is -2.34. The van der Waals surface area contributed by atoms with Crippen molar-refractivity contribution in [2.75, 3.05) is 0 Å². The summed E-state index contributed by atoms with van der Waals surface area (Å²) in [4.78, 5) is 0. The summed E-state index contributed by atoms with van der Waals surface area (Å²) in [7, 11) is 0. The topological polar surface area (TPSA) is 26.0 Å². The Kier molecular flexibility index (Phi) is 4.79. The van der Waals surface area contributed by atoms with Gasteiger partial charge in [0.15, 0.2) is 0 Å². The second kappa shape index (κ2) is 6.16. The maximum Gasteiger partial charge on any atom is 0.124 e. The van der Waals surface area contributed by atoms with Crippen LogP contribution in [-0.4, -0.2) is 6.04 Å². The van der Waals surface area contributed by atoms with Gasteiger partial charge in [-0.25, -0.2) is 4.39 Å². The van der Waals surface area contributed by atoms with Crippen molar-refractivity contribution in [3.8, 4) is 0 Å². The monoisotopic (exact) mass is 313 g/mol. The van der Waals surface area contributed by atoms with Crippen molar-refractivity contribution in [2.45, 2.75) is 45.1 Å². The van der Waals surface area contributed by atoms with Gasteiger partial charge in [-0.1, -0.05) is 29.3 Å². The van der Waals surface area contributed by atoms with Gasteiger partial charge in [0, 0.05) is 10.5 Å². The van der Waals surface area contributed by atoms with Crippen LogP contribution in [0, 0.1) is 17.7 Å². The molecule has 0 amide bonds. The minimum Gasteiger partial charge on any atom is -0.327 e. The highest BCUT2D eigenvalue weighted by atomic mass is 79.9. The Morgan fingerprint density at radius 1 is 1.33 bits per heavy atom. The highest BCUT2D eigenvalue weighted by molar-refractivity contribution is 9.10. The van der Waals surface area contributed by atoms with Crippen LogP contribution < -0.4 is 5.73 Å². The fraction of sp³-hybridized carbons (Fsp3) is 0.600. The van der Waals surface area contributed by atoms with E-state index in [1.54, 1.807) is 6.07 Å². The van der Waals surface area contributed by atoms with E-state index in [1.165, 1.54) is 25.3 Å². The fourth-order valence-electron chi connectivity index (χ4n) is 3.02. The summed E-state index contributed by atoms with van der Waals surface area (Å²) in [6.45, 7) is 2.25. The molecule has 2 N–H and O–H groups in total. The maximum absolute atomic E-state index is 13.4. The molecule has 1 aliphatic rings. The zero-order valence-corrected chi connectivity index (χ0v) is 12.4. The van der Waals surface area contributed by atoms with Crippen LogP contribution >= 0.6 is 15.9 Å². The van der Waals surface area contributed by atoms with Gasteiger partial charge in [0.2, 0.25) is 0 Å². The Morgan fingerprint density at radius 2 is 2.11 bits per heavy atom. The van der Waals surface area contributed by atoms with Crippen LogP contribution in [0.3, 0.4) is 0 Å². The summed E-state index contributed by atoms with van der Waals surface area (Å²) in [5.41, 5.74) is 7.27. The first-order chi connectivity index (χ1) is 8.58. The van der Waals surface area contributed by atoms with Crippen molar-refractivity contribution in [2.24, 2.45) is 17.6 Å². The Hall–Kier alpha value is -0.410. The third-order valence-corrected chi connectivity index (χ3v) is 4.61. The Labute approximate surface area is 117 Å². The first-order valence-corrected chi connectivity index (χ1v) is 7.58. The van der Waals surface area contributed by atoms with Crippen molar-refractivity contribution in [3.63, 3.8) is 0 Å². The lowest BCUT2D eigenvalue weighted by molar-refractivity contribution is 0.227. The van der Waals surface area contributed by atoms with Gasteiger partial charge in [0.1, 0.15) is 5.82 Å². The maximum atomic E-state index is 13.4. The van der Waals surface area contributed by atoms with Crippen LogP contribution in [0.5, 0.6) is 0 Å². The van der Waals surface area contributed by atoms with Crippen molar-refractivity contribution in [1.82, 2.24) is 0 Å². The van der Waals surface area contributed by atoms with E-state index in [2.05, 4.69) is 22.9 Å². The molecule has 0 saturated heterocycles. The fourth-order valence-corrected chi connectivity index (χ4v) is 3.53. The molecule has 3 unspecified atom stereocenters. The summed E-state index contributed by atoms with van der Waals surface area (Å²) in [6.07, 6.45) is 5.68. The van der Waals surface area contributed by atoms with Gasteiger partial charge < -0.3 is 5.73 Å². The Bertz CT molecular complexity index is 387. The van der Waals surface area contributed by atoms with Gasteiger partial charge in [-0.2, -0.15) is 0 Å². The molecule has 18 heavy (non-hydrogen) atoms. The molecule has 0 heterocycles. The van der Waals surface area contributed by atoms with Gasteiger partial charge in [-0.15, -0.1) is 0 Å². The smallest absolute Gasteiger partial charge is 0.124 e. The highest BCUT2D eigenvalue weighted by Crippen LogP contribution is 2.33. The molecule has 1 aromatic carbocycles. The van der Waals surface area contributed by atoms with Crippen LogP contribution in [0.25, 0.3) is 0 Å². The normalized spacial score (nSPS) is 28.3. The average molecular weight is 314 g/mol. The minimum atomic E-state index is -0.171. The first kappa shape index (κ1) is 14.0. The van der Waals surface area contributed by atoms with Gasteiger partial charge in [-0.3, -0.25) is 0 Å². The van der Waals surface area contributed by atoms with Gasteiger partial charge in [-0.05, 0) is 61.3 Å². The molecule has 0 aromatic heterocycles. The zero-order chi connectivity index (χ0) is 13.1. The standard InChI is InChI=1S/C15H21BrFN/c1-2-10-3-4-15(18)12(5-10)6-11-7-13(16)9-14(17)8-11/h7-10,12,15H,2-6,18H2,1H3. The zero-order valence-electron chi connectivity index (χ0n) is 10.8.